The number of anilines is 1. The molecule has 0 spiro atoms. The maximum atomic E-state index is 12.1. The fraction of sp³-hybridized carbons (Fsp3) is 0.556. The largest absolute Gasteiger partial charge is 0.363 e. The predicted molar refractivity (Wildman–Crippen MR) is 95.7 cm³/mol. The molecule has 8 nitrogen and oxygen atoms in total. The predicted octanol–water partition coefficient (Wildman–Crippen LogP) is 1.76. The summed E-state index contributed by atoms with van der Waals surface area (Å²) in [5.41, 5.74) is 1.20. The molecule has 1 N–H and O–H groups in total. The number of hydrogen-bond donors (Lipinski definition) is 1. The summed E-state index contributed by atoms with van der Waals surface area (Å²) in [6, 6.07) is 4.47. The Morgan fingerprint density at radius 1 is 1.38 bits per heavy atom. The van der Waals surface area contributed by atoms with Gasteiger partial charge < -0.3 is 14.7 Å². The van der Waals surface area contributed by atoms with Crippen molar-refractivity contribution in [1.82, 2.24) is 25.3 Å². The molecule has 1 saturated heterocycles. The van der Waals surface area contributed by atoms with Crippen molar-refractivity contribution in [3.63, 3.8) is 0 Å². The normalized spacial score (nSPS) is 20.3. The summed E-state index contributed by atoms with van der Waals surface area (Å²) in [6.45, 7) is 1.76. The van der Waals surface area contributed by atoms with Gasteiger partial charge in [0.05, 0.1) is 6.04 Å². The first-order chi connectivity index (χ1) is 12.6. The smallest absolute Gasteiger partial charge is 0.292 e. The van der Waals surface area contributed by atoms with E-state index in [-0.39, 0.29) is 23.8 Å². The number of hydrogen-bond acceptors (Lipinski definition) is 7. The van der Waals surface area contributed by atoms with E-state index >= 15 is 0 Å². The molecule has 0 aromatic carbocycles. The molecule has 1 atom stereocenters. The molecule has 1 saturated carbocycles. The third kappa shape index (κ3) is 3.70. The number of pyridine rings is 1. The van der Waals surface area contributed by atoms with Gasteiger partial charge in [0, 0.05) is 32.9 Å². The second kappa shape index (κ2) is 7.03. The quantitative estimate of drug-likeness (QED) is 0.844. The molecule has 0 unspecified atom stereocenters. The molecular formula is C18H24N6O2. The van der Waals surface area contributed by atoms with Crippen LogP contribution in [0.15, 0.2) is 22.9 Å². The number of aromatic nitrogens is 3. The van der Waals surface area contributed by atoms with Crippen molar-refractivity contribution in [1.29, 1.82) is 0 Å². The zero-order valence-electron chi connectivity index (χ0n) is 15.2. The first-order valence-electron chi connectivity index (χ1n) is 9.11. The average Bonchev–Trinajstić information content (AvgIpc) is 3.11. The Kier molecular flexibility index (Phi) is 4.58. The van der Waals surface area contributed by atoms with E-state index in [0.717, 1.165) is 44.6 Å². The number of carbonyl (C=O) groups excluding carboxylic acids is 1. The lowest BCUT2D eigenvalue weighted by Gasteiger charge is -2.22. The summed E-state index contributed by atoms with van der Waals surface area (Å²) in [7, 11) is 3.97. The van der Waals surface area contributed by atoms with Crippen LogP contribution in [0.2, 0.25) is 0 Å². The topological polar surface area (TPSA) is 87.4 Å². The Bertz CT molecular complexity index is 785. The highest BCUT2D eigenvalue weighted by Crippen LogP contribution is 2.32. The average molecular weight is 356 g/mol. The van der Waals surface area contributed by atoms with Crippen molar-refractivity contribution < 1.29 is 9.32 Å². The molecule has 26 heavy (non-hydrogen) atoms. The van der Waals surface area contributed by atoms with Crippen LogP contribution in [-0.4, -0.2) is 52.6 Å². The summed E-state index contributed by atoms with van der Waals surface area (Å²) in [4.78, 5) is 25.1. The molecule has 1 aliphatic carbocycles. The summed E-state index contributed by atoms with van der Waals surface area (Å²) >= 11 is 0. The molecule has 2 aromatic rings. The van der Waals surface area contributed by atoms with Gasteiger partial charge >= 0.3 is 0 Å². The van der Waals surface area contributed by atoms with E-state index in [1.807, 2.05) is 31.3 Å². The number of amides is 1. The highest BCUT2D eigenvalue weighted by Gasteiger charge is 2.32. The number of carbonyl (C=O) groups is 1. The minimum atomic E-state index is -0.239. The molecule has 138 valence electrons. The molecule has 4 rings (SSSR count). The highest BCUT2D eigenvalue weighted by molar-refractivity contribution is 5.90. The zero-order valence-corrected chi connectivity index (χ0v) is 15.2. The van der Waals surface area contributed by atoms with Gasteiger partial charge in [-0.05, 0) is 49.9 Å². The highest BCUT2D eigenvalue weighted by atomic mass is 16.5. The van der Waals surface area contributed by atoms with Crippen LogP contribution in [0.3, 0.4) is 0 Å². The van der Waals surface area contributed by atoms with E-state index in [0.29, 0.717) is 5.89 Å². The SMILES string of the molecule is CN(C)c1cc(CN2CCC[C@@H]2c2nc(C(=O)NC3CC3)no2)ccn1. The van der Waals surface area contributed by atoms with Crippen molar-refractivity contribution >= 4 is 11.7 Å². The Morgan fingerprint density at radius 3 is 3.00 bits per heavy atom. The van der Waals surface area contributed by atoms with Gasteiger partial charge in [0.15, 0.2) is 0 Å². The van der Waals surface area contributed by atoms with Gasteiger partial charge in [-0.1, -0.05) is 5.16 Å². The number of rotatable bonds is 6. The van der Waals surface area contributed by atoms with E-state index in [2.05, 4.69) is 31.4 Å². The molecule has 2 fully saturated rings. The molecule has 2 aliphatic rings. The van der Waals surface area contributed by atoms with Crippen LogP contribution in [0, 0.1) is 0 Å². The molecule has 1 aliphatic heterocycles. The third-order valence-electron chi connectivity index (χ3n) is 4.86. The lowest BCUT2D eigenvalue weighted by atomic mass is 10.2. The van der Waals surface area contributed by atoms with E-state index in [1.165, 1.54) is 5.56 Å². The van der Waals surface area contributed by atoms with E-state index < -0.39 is 0 Å². The van der Waals surface area contributed by atoms with Crippen LogP contribution in [0.25, 0.3) is 0 Å². The molecule has 2 aromatic heterocycles. The van der Waals surface area contributed by atoms with Crippen molar-refractivity contribution in [2.75, 3.05) is 25.5 Å². The van der Waals surface area contributed by atoms with Gasteiger partial charge in [-0.2, -0.15) is 4.98 Å². The number of nitrogens with one attached hydrogen (secondary N) is 1. The van der Waals surface area contributed by atoms with Crippen molar-refractivity contribution in [2.24, 2.45) is 0 Å². The second-order valence-corrected chi connectivity index (χ2v) is 7.25. The maximum absolute atomic E-state index is 12.1. The lowest BCUT2D eigenvalue weighted by molar-refractivity contribution is 0.0937. The first-order valence-corrected chi connectivity index (χ1v) is 9.11. The molecule has 0 bridgehead atoms. The maximum Gasteiger partial charge on any atom is 0.292 e. The van der Waals surface area contributed by atoms with Crippen LogP contribution < -0.4 is 10.2 Å². The Hall–Kier alpha value is -2.48. The van der Waals surface area contributed by atoms with Gasteiger partial charge in [0.25, 0.3) is 11.7 Å². The van der Waals surface area contributed by atoms with Crippen LogP contribution >= 0.6 is 0 Å². The standard InChI is InChI=1S/C18H24N6O2/c1-23(2)15-10-12(7-8-19-15)11-24-9-3-4-14(24)18-21-16(22-26-18)17(25)20-13-5-6-13/h7-8,10,13-14H,3-6,9,11H2,1-2H3,(H,20,25)/t14-/m1/s1. The molecule has 0 radical (unpaired) electrons. The Morgan fingerprint density at radius 2 is 2.23 bits per heavy atom. The van der Waals surface area contributed by atoms with Gasteiger partial charge in [-0.3, -0.25) is 9.69 Å². The minimum absolute atomic E-state index is 0.0564. The summed E-state index contributed by atoms with van der Waals surface area (Å²) in [5.74, 6) is 1.37. The fourth-order valence-corrected chi connectivity index (χ4v) is 3.27. The number of likely N-dealkylation sites (tertiary alicyclic amines) is 1. The molecule has 1 amide bonds. The van der Waals surface area contributed by atoms with Gasteiger partial charge in [-0.15, -0.1) is 0 Å². The van der Waals surface area contributed by atoms with Crippen LogP contribution in [-0.2, 0) is 6.54 Å². The van der Waals surface area contributed by atoms with Gasteiger partial charge in [0.1, 0.15) is 5.82 Å². The summed E-state index contributed by atoms with van der Waals surface area (Å²) < 4.78 is 5.42. The molecule has 8 heteroatoms. The van der Waals surface area contributed by atoms with Crippen LogP contribution in [0.4, 0.5) is 5.82 Å². The molecular weight excluding hydrogens is 332 g/mol. The lowest BCUT2D eigenvalue weighted by Crippen LogP contribution is -2.27. The molecule has 3 heterocycles. The van der Waals surface area contributed by atoms with Gasteiger partial charge in [-0.25, -0.2) is 4.98 Å². The van der Waals surface area contributed by atoms with Crippen molar-refractivity contribution in [2.45, 2.75) is 44.3 Å². The fourth-order valence-electron chi connectivity index (χ4n) is 3.27. The zero-order chi connectivity index (χ0) is 18.1. The second-order valence-electron chi connectivity index (χ2n) is 7.25. The van der Waals surface area contributed by atoms with Crippen molar-refractivity contribution in [3.05, 3.63) is 35.6 Å². The van der Waals surface area contributed by atoms with Gasteiger partial charge in [0.2, 0.25) is 5.89 Å². The monoisotopic (exact) mass is 356 g/mol. The van der Waals surface area contributed by atoms with E-state index in [4.69, 9.17) is 4.52 Å². The van der Waals surface area contributed by atoms with E-state index in [1.54, 1.807) is 0 Å². The number of nitrogens with zero attached hydrogens (tertiary/aromatic N) is 5. The Labute approximate surface area is 152 Å². The summed E-state index contributed by atoms with van der Waals surface area (Å²) in [6.07, 6.45) is 5.93. The Balaban J connectivity index is 1.45. The van der Waals surface area contributed by atoms with Crippen LogP contribution in [0.1, 0.15) is 53.8 Å². The minimum Gasteiger partial charge on any atom is -0.363 e. The van der Waals surface area contributed by atoms with Crippen molar-refractivity contribution in [3.8, 4) is 0 Å². The third-order valence-corrected chi connectivity index (χ3v) is 4.86. The first kappa shape index (κ1) is 17.0. The van der Waals surface area contributed by atoms with Crippen LogP contribution in [0.5, 0.6) is 0 Å². The summed E-state index contributed by atoms with van der Waals surface area (Å²) in [5, 5.41) is 6.77. The van der Waals surface area contributed by atoms with E-state index in [9.17, 15) is 4.79 Å².